The maximum absolute atomic E-state index is 12.6. The minimum absolute atomic E-state index is 0.0850. The van der Waals surface area contributed by atoms with Crippen molar-refractivity contribution >= 4 is 17.5 Å². The normalized spacial score (nSPS) is 12.0. The number of carbonyl (C=O) groups excluding carboxylic acids is 1. The van der Waals surface area contributed by atoms with Crippen LogP contribution in [-0.4, -0.2) is 11.1 Å². The van der Waals surface area contributed by atoms with E-state index in [0.29, 0.717) is 10.8 Å². The number of amides is 1. The fraction of sp³-hybridized carbons (Fsp3) is 0.200. The summed E-state index contributed by atoms with van der Waals surface area (Å²) in [6.07, 6.45) is 0.234. The molecule has 0 saturated carbocycles. The van der Waals surface area contributed by atoms with Gasteiger partial charge in [-0.05, 0) is 37.1 Å². The Hall–Kier alpha value is -2.59. The van der Waals surface area contributed by atoms with Gasteiger partial charge in [-0.3, -0.25) is 4.79 Å². The van der Waals surface area contributed by atoms with Crippen molar-refractivity contribution in [1.29, 1.82) is 0 Å². The largest absolute Gasteiger partial charge is 0.361 e. The Balaban J connectivity index is 1.85. The molecule has 2 aromatic carbocycles. The number of halogens is 1. The molecule has 1 unspecified atom stereocenters. The van der Waals surface area contributed by atoms with Gasteiger partial charge in [0.1, 0.15) is 5.76 Å². The van der Waals surface area contributed by atoms with Gasteiger partial charge < -0.3 is 9.84 Å². The average molecular weight is 355 g/mol. The molecule has 3 aromatic rings. The molecule has 0 spiro atoms. The molecular weight excluding hydrogens is 336 g/mol. The maximum atomic E-state index is 12.6. The molecule has 1 heterocycles. The second kappa shape index (κ2) is 7.53. The molecule has 1 atom stereocenters. The lowest BCUT2D eigenvalue weighted by Crippen LogP contribution is -2.30. The molecule has 0 aliphatic heterocycles. The van der Waals surface area contributed by atoms with Gasteiger partial charge in [0.2, 0.25) is 5.91 Å². The molecule has 0 radical (unpaired) electrons. The van der Waals surface area contributed by atoms with Gasteiger partial charge in [0.05, 0.1) is 18.2 Å². The third-order valence-electron chi connectivity index (χ3n) is 4.16. The summed E-state index contributed by atoms with van der Waals surface area (Å²) in [5, 5.41) is 7.68. The Bertz CT molecular complexity index is 838. The molecule has 1 N–H and O–H groups in total. The van der Waals surface area contributed by atoms with Gasteiger partial charge in [0.25, 0.3) is 0 Å². The van der Waals surface area contributed by atoms with Crippen LogP contribution in [0, 0.1) is 13.8 Å². The molecule has 5 heteroatoms. The molecule has 0 fully saturated rings. The zero-order chi connectivity index (χ0) is 17.8. The van der Waals surface area contributed by atoms with Crippen molar-refractivity contribution in [2.45, 2.75) is 26.3 Å². The van der Waals surface area contributed by atoms with Crippen LogP contribution >= 0.6 is 11.6 Å². The number of aromatic nitrogens is 1. The van der Waals surface area contributed by atoms with Crippen molar-refractivity contribution in [1.82, 2.24) is 10.5 Å². The Morgan fingerprint density at radius 1 is 1.08 bits per heavy atom. The van der Waals surface area contributed by atoms with Crippen LogP contribution in [-0.2, 0) is 11.2 Å². The van der Waals surface area contributed by atoms with Crippen LogP contribution in [0.3, 0.4) is 0 Å². The quantitative estimate of drug-likeness (QED) is 0.739. The molecule has 1 aromatic heterocycles. The van der Waals surface area contributed by atoms with Gasteiger partial charge in [-0.1, -0.05) is 59.2 Å². The maximum Gasteiger partial charge on any atom is 0.225 e. The Kier molecular flexibility index (Phi) is 5.19. The molecule has 0 saturated heterocycles. The Morgan fingerprint density at radius 2 is 1.72 bits per heavy atom. The summed E-state index contributed by atoms with van der Waals surface area (Å²) >= 11 is 5.99. The van der Waals surface area contributed by atoms with Crippen LogP contribution in [0.1, 0.15) is 34.2 Å². The molecule has 4 nitrogen and oxygen atoms in total. The smallest absolute Gasteiger partial charge is 0.225 e. The number of carbonyl (C=O) groups is 1. The highest BCUT2D eigenvalue weighted by molar-refractivity contribution is 6.30. The van der Waals surface area contributed by atoms with E-state index in [1.165, 1.54) is 0 Å². The van der Waals surface area contributed by atoms with Crippen LogP contribution in [0.25, 0.3) is 0 Å². The topological polar surface area (TPSA) is 55.1 Å². The number of aryl methyl sites for hydroxylation is 2. The highest BCUT2D eigenvalue weighted by Gasteiger charge is 2.19. The zero-order valence-electron chi connectivity index (χ0n) is 14.1. The zero-order valence-corrected chi connectivity index (χ0v) is 14.9. The van der Waals surface area contributed by atoms with Crippen molar-refractivity contribution in [3.63, 3.8) is 0 Å². The number of rotatable bonds is 5. The molecule has 128 valence electrons. The van der Waals surface area contributed by atoms with E-state index in [9.17, 15) is 4.79 Å². The first-order chi connectivity index (χ1) is 12.0. The number of nitrogens with one attached hydrogen (secondary N) is 1. The number of nitrogens with zero attached hydrogens (tertiary/aromatic N) is 1. The van der Waals surface area contributed by atoms with Gasteiger partial charge >= 0.3 is 0 Å². The predicted molar refractivity (Wildman–Crippen MR) is 97.6 cm³/mol. The van der Waals surface area contributed by atoms with Gasteiger partial charge in [-0.25, -0.2) is 0 Å². The monoisotopic (exact) mass is 354 g/mol. The summed E-state index contributed by atoms with van der Waals surface area (Å²) in [5.41, 5.74) is 3.57. The van der Waals surface area contributed by atoms with Crippen LogP contribution in [0.4, 0.5) is 0 Å². The van der Waals surface area contributed by atoms with Crippen LogP contribution in [0.5, 0.6) is 0 Å². The number of hydrogen-bond donors (Lipinski definition) is 1. The van der Waals surface area contributed by atoms with E-state index < -0.39 is 0 Å². The van der Waals surface area contributed by atoms with Gasteiger partial charge in [-0.2, -0.15) is 0 Å². The third-order valence-corrected chi connectivity index (χ3v) is 4.41. The van der Waals surface area contributed by atoms with E-state index in [1.807, 2.05) is 68.4 Å². The molecule has 0 aliphatic carbocycles. The van der Waals surface area contributed by atoms with E-state index in [2.05, 4.69) is 10.5 Å². The van der Waals surface area contributed by atoms with Crippen molar-refractivity contribution in [2.75, 3.05) is 0 Å². The third kappa shape index (κ3) is 4.09. The summed E-state index contributed by atoms with van der Waals surface area (Å²) in [6.45, 7) is 3.66. The molecule has 25 heavy (non-hydrogen) atoms. The van der Waals surface area contributed by atoms with Crippen molar-refractivity contribution < 1.29 is 9.32 Å². The summed E-state index contributed by atoms with van der Waals surface area (Å²) in [7, 11) is 0. The Labute approximate surface area is 151 Å². The number of hydrogen-bond acceptors (Lipinski definition) is 3. The second-order valence-electron chi connectivity index (χ2n) is 5.94. The van der Waals surface area contributed by atoms with Crippen molar-refractivity contribution in [2.24, 2.45) is 0 Å². The van der Waals surface area contributed by atoms with Crippen LogP contribution in [0.15, 0.2) is 59.1 Å². The first-order valence-electron chi connectivity index (χ1n) is 8.06. The average Bonchev–Trinajstić information content (AvgIpc) is 2.93. The summed E-state index contributed by atoms with van der Waals surface area (Å²) in [5.74, 6) is 0.591. The first kappa shape index (κ1) is 17.2. The highest BCUT2D eigenvalue weighted by Crippen LogP contribution is 2.24. The van der Waals surface area contributed by atoms with Crippen molar-refractivity contribution in [3.05, 3.63) is 87.8 Å². The standard InChI is InChI=1S/C20H19ClN2O2/c1-13-18(14(2)25-23-13)12-19(24)22-20(15-6-4-3-5-7-15)16-8-10-17(21)11-9-16/h3-11,20H,12H2,1-2H3,(H,22,24). The predicted octanol–water partition coefficient (Wildman–Crippen LogP) is 4.39. The summed E-state index contributed by atoms with van der Waals surface area (Å²) < 4.78 is 5.14. The van der Waals surface area contributed by atoms with Crippen LogP contribution < -0.4 is 5.32 Å². The highest BCUT2D eigenvalue weighted by atomic mass is 35.5. The lowest BCUT2D eigenvalue weighted by Gasteiger charge is -2.20. The molecule has 3 rings (SSSR count). The Morgan fingerprint density at radius 3 is 2.32 bits per heavy atom. The first-order valence-corrected chi connectivity index (χ1v) is 8.44. The van der Waals surface area contributed by atoms with Gasteiger partial charge in [0.15, 0.2) is 0 Å². The minimum Gasteiger partial charge on any atom is -0.361 e. The lowest BCUT2D eigenvalue weighted by molar-refractivity contribution is -0.121. The van der Waals surface area contributed by atoms with E-state index >= 15 is 0 Å². The fourth-order valence-electron chi connectivity index (χ4n) is 2.79. The lowest BCUT2D eigenvalue weighted by atomic mass is 9.98. The second-order valence-corrected chi connectivity index (χ2v) is 6.38. The van der Waals surface area contributed by atoms with Gasteiger partial charge in [-0.15, -0.1) is 0 Å². The fourth-order valence-corrected chi connectivity index (χ4v) is 2.91. The number of benzene rings is 2. The molecule has 0 bridgehead atoms. The summed E-state index contributed by atoms with van der Waals surface area (Å²) in [6, 6.07) is 17.1. The van der Waals surface area contributed by atoms with E-state index in [1.54, 1.807) is 0 Å². The van der Waals surface area contributed by atoms with Gasteiger partial charge in [0, 0.05) is 10.6 Å². The molecule has 0 aliphatic rings. The molecule has 1 amide bonds. The van der Waals surface area contributed by atoms with Crippen LogP contribution in [0.2, 0.25) is 5.02 Å². The SMILES string of the molecule is Cc1noc(C)c1CC(=O)NC(c1ccccc1)c1ccc(Cl)cc1. The van der Waals surface area contributed by atoms with E-state index in [4.69, 9.17) is 16.1 Å². The van der Waals surface area contributed by atoms with E-state index in [0.717, 1.165) is 22.4 Å². The van der Waals surface area contributed by atoms with E-state index in [-0.39, 0.29) is 18.4 Å². The van der Waals surface area contributed by atoms with Crippen molar-refractivity contribution in [3.8, 4) is 0 Å². The minimum atomic E-state index is -0.244. The molecular formula is C20H19ClN2O2. The summed E-state index contributed by atoms with van der Waals surface area (Å²) in [4.78, 5) is 12.6.